The molecule has 0 aromatic rings. The van der Waals surface area contributed by atoms with E-state index in [4.69, 9.17) is 9.84 Å². The van der Waals surface area contributed by atoms with Gasteiger partial charge in [-0.05, 0) is 6.42 Å². The van der Waals surface area contributed by atoms with Crippen LogP contribution in [-0.4, -0.2) is 48.8 Å². The first-order valence-electron chi connectivity index (χ1n) is 5.96. The zero-order chi connectivity index (χ0) is 12.7. The lowest BCUT2D eigenvalue weighted by atomic mass is 10.1. The highest BCUT2D eigenvalue weighted by atomic mass is 16.5. The fraction of sp³-hybridized carbons (Fsp3) is 0.818. The van der Waals surface area contributed by atoms with E-state index in [2.05, 4.69) is 10.6 Å². The predicted octanol–water partition coefficient (Wildman–Crippen LogP) is -0.266. The van der Waals surface area contributed by atoms with Crippen LogP contribution in [0.4, 0.5) is 0 Å². The highest BCUT2D eigenvalue weighted by molar-refractivity contribution is 5.83. The van der Waals surface area contributed by atoms with Crippen molar-refractivity contribution in [1.29, 1.82) is 0 Å². The number of amides is 1. The molecule has 1 aliphatic heterocycles. The fourth-order valence-electron chi connectivity index (χ4n) is 1.77. The van der Waals surface area contributed by atoms with Gasteiger partial charge in [0.2, 0.25) is 5.91 Å². The normalized spacial score (nSPS) is 21.8. The second-order valence-electron chi connectivity index (χ2n) is 4.18. The van der Waals surface area contributed by atoms with Gasteiger partial charge in [0.05, 0.1) is 13.2 Å². The van der Waals surface area contributed by atoms with Gasteiger partial charge < -0.3 is 20.5 Å². The Morgan fingerprint density at radius 3 is 2.88 bits per heavy atom. The standard InChI is InChI=1S/C11H20N2O4/c1-2-3-9(11(15)16)13-10(14)6-8-7-17-5-4-12-8/h8-9,12H,2-7H2,1H3,(H,13,14)(H,15,16). The smallest absolute Gasteiger partial charge is 0.326 e. The number of carboxylic acid groups (broad SMARTS) is 1. The van der Waals surface area contributed by atoms with Crippen LogP contribution in [0.5, 0.6) is 0 Å². The predicted molar refractivity (Wildman–Crippen MR) is 61.7 cm³/mol. The zero-order valence-corrected chi connectivity index (χ0v) is 10.1. The van der Waals surface area contributed by atoms with Crippen LogP contribution in [0.1, 0.15) is 26.2 Å². The zero-order valence-electron chi connectivity index (χ0n) is 10.1. The van der Waals surface area contributed by atoms with Crippen LogP contribution in [0.15, 0.2) is 0 Å². The number of nitrogens with one attached hydrogen (secondary N) is 2. The van der Waals surface area contributed by atoms with Crippen molar-refractivity contribution < 1.29 is 19.4 Å². The number of carboxylic acids is 1. The van der Waals surface area contributed by atoms with Gasteiger partial charge in [-0.1, -0.05) is 13.3 Å². The Morgan fingerprint density at radius 2 is 2.35 bits per heavy atom. The van der Waals surface area contributed by atoms with E-state index >= 15 is 0 Å². The second-order valence-corrected chi connectivity index (χ2v) is 4.18. The number of rotatable bonds is 6. The molecule has 1 fully saturated rings. The number of aliphatic carboxylic acids is 1. The fourth-order valence-corrected chi connectivity index (χ4v) is 1.77. The summed E-state index contributed by atoms with van der Waals surface area (Å²) in [7, 11) is 0. The van der Waals surface area contributed by atoms with Crippen molar-refractivity contribution in [3.8, 4) is 0 Å². The van der Waals surface area contributed by atoms with E-state index < -0.39 is 12.0 Å². The molecule has 98 valence electrons. The summed E-state index contributed by atoms with van der Waals surface area (Å²) in [6.07, 6.45) is 1.44. The first kappa shape index (κ1) is 13.9. The van der Waals surface area contributed by atoms with Gasteiger partial charge in [0.15, 0.2) is 0 Å². The third kappa shape index (κ3) is 5.14. The van der Waals surface area contributed by atoms with Crippen LogP contribution in [0, 0.1) is 0 Å². The molecule has 3 N–H and O–H groups in total. The molecular formula is C11H20N2O4. The van der Waals surface area contributed by atoms with Crippen LogP contribution in [0.2, 0.25) is 0 Å². The van der Waals surface area contributed by atoms with Crippen molar-refractivity contribution >= 4 is 11.9 Å². The van der Waals surface area contributed by atoms with Crippen molar-refractivity contribution in [1.82, 2.24) is 10.6 Å². The minimum Gasteiger partial charge on any atom is -0.480 e. The lowest BCUT2D eigenvalue weighted by molar-refractivity contribution is -0.142. The maximum absolute atomic E-state index is 11.6. The third-order valence-electron chi connectivity index (χ3n) is 2.64. The molecule has 1 amide bonds. The van der Waals surface area contributed by atoms with Crippen molar-refractivity contribution in [2.75, 3.05) is 19.8 Å². The summed E-state index contributed by atoms with van der Waals surface area (Å²) in [5, 5.41) is 14.6. The number of carbonyl (C=O) groups excluding carboxylic acids is 1. The molecule has 1 rings (SSSR count). The van der Waals surface area contributed by atoms with E-state index in [0.717, 1.165) is 13.0 Å². The molecular weight excluding hydrogens is 224 g/mol. The summed E-state index contributed by atoms with van der Waals surface area (Å²) in [6, 6.07) is -0.795. The maximum atomic E-state index is 11.6. The Bertz CT molecular complexity index is 264. The highest BCUT2D eigenvalue weighted by Gasteiger charge is 2.22. The first-order valence-corrected chi connectivity index (χ1v) is 5.96. The first-order chi connectivity index (χ1) is 8.13. The molecule has 17 heavy (non-hydrogen) atoms. The quantitative estimate of drug-likeness (QED) is 0.599. The second kappa shape index (κ2) is 7.24. The lowest BCUT2D eigenvalue weighted by Gasteiger charge is -2.24. The van der Waals surface area contributed by atoms with Crippen molar-refractivity contribution in [3.63, 3.8) is 0 Å². The number of carbonyl (C=O) groups is 2. The number of hydrogen-bond donors (Lipinski definition) is 3. The van der Waals surface area contributed by atoms with Crippen molar-refractivity contribution in [2.45, 2.75) is 38.3 Å². The Kier molecular flexibility index (Phi) is 5.93. The van der Waals surface area contributed by atoms with Gasteiger partial charge in [-0.25, -0.2) is 4.79 Å². The van der Waals surface area contributed by atoms with Gasteiger partial charge in [-0.3, -0.25) is 4.79 Å². The van der Waals surface area contributed by atoms with E-state index in [1.165, 1.54) is 0 Å². The van der Waals surface area contributed by atoms with Crippen LogP contribution < -0.4 is 10.6 Å². The summed E-state index contributed by atoms with van der Waals surface area (Å²) in [6.45, 7) is 3.78. The molecule has 1 saturated heterocycles. The van der Waals surface area contributed by atoms with Gasteiger partial charge in [0, 0.05) is 19.0 Å². The SMILES string of the molecule is CCCC(NC(=O)CC1COCCN1)C(=O)O. The van der Waals surface area contributed by atoms with E-state index in [1.807, 2.05) is 6.92 Å². The Morgan fingerprint density at radius 1 is 1.59 bits per heavy atom. The molecule has 1 heterocycles. The minimum absolute atomic E-state index is 0.0141. The van der Waals surface area contributed by atoms with Gasteiger partial charge in [-0.2, -0.15) is 0 Å². The largest absolute Gasteiger partial charge is 0.480 e. The molecule has 0 saturated carbocycles. The average molecular weight is 244 g/mol. The Labute approximate surface area is 101 Å². The van der Waals surface area contributed by atoms with Crippen LogP contribution in [0.25, 0.3) is 0 Å². The molecule has 0 spiro atoms. The van der Waals surface area contributed by atoms with Crippen LogP contribution >= 0.6 is 0 Å². The molecule has 6 nitrogen and oxygen atoms in total. The maximum Gasteiger partial charge on any atom is 0.326 e. The number of hydrogen-bond acceptors (Lipinski definition) is 4. The minimum atomic E-state index is -0.979. The van der Waals surface area contributed by atoms with Crippen molar-refractivity contribution in [3.05, 3.63) is 0 Å². The van der Waals surface area contributed by atoms with Crippen LogP contribution in [0.3, 0.4) is 0 Å². The molecule has 2 unspecified atom stereocenters. The summed E-state index contributed by atoms with van der Waals surface area (Å²) in [5.41, 5.74) is 0. The molecule has 0 aromatic carbocycles. The van der Waals surface area contributed by atoms with Gasteiger partial charge in [0.25, 0.3) is 0 Å². The highest BCUT2D eigenvalue weighted by Crippen LogP contribution is 2.01. The molecule has 0 aliphatic carbocycles. The topological polar surface area (TPSA) is 87.7 Å². The summed E-state index contributed by atoms with van der Waals surface area (Å²) >= 11 is 0. The Hall–Kier alpha value is -1.14. The van der Waals surface area contributed by atoms with Gasteiger partial charge >= 0.3 is 5.97 Å². The van der Waals surface area contributed by atoms with Crippen molar-refractivity contribution in [2.24, 2.45) is 0 Å². The molecule has 1 aliphatic rings. The lowest BCUT2D eigenvalue weighted by Crippen LogP contribution is -2.47. The number of morpholine rings is 1. The molecule has 6 heteroatoms. The number of ether oxygens (including phenoxy) is 1. The van der Waals surface area contributed by atoms with E-state index in [0.29, 0.717) is 19.6 Å². The third-order valence-corrected chi connectivity index (χ3v) is 2.64. The van der Waals surface area contributed by atoms with E-state index in [-0.39, 0.29) is 18.4 Å². The van der Waals surface area contributed by atoms with Gasteiger partial charge in [-0.15, -0.1) is 0 Å². The van der Waals surface area contributed by atoms with Gasteiger partial charge in [0.1, 0.15) is 6.04 Å². The molecule has 2 atom stereocenters. The van der Waals surface area contributed by atoms with Crippen LogP contribution in [-0.2, 0) is 14.3 Å². The Balaban J connectivity index is 2.33. The summed E-state index contributed by atoms with van der Waals surface area (Å²) < 4.78 is 5.22. The van der Waals surface area contributed by atoms with E-state index in [1.54, 1.807) is 0 Å². The molecule has 0 aromatic heterocycles. The summed E-state index contributed by atoms with van der Waals surface area (Å²) in [4.78, 5) is 22.5. The molecule has 0 radical (unpaired) electrons. The average Bonchev–Trinajstić information content (AvgIpc) is 2.29. The molecule has 0 bridgehead atoms. The monoisotopic (exact) mass is 244 g/mol. The van der Waals surface area contributed by atoms with E-state index in [9.17, 15) is 9.59 Å². The summed E-state index contributed by atoms with van der Waals surface area (Å²) in [5.74, 6) is -1.22.